The molecular weight excluding hydrogens is 514 g/mol. The Labute approximate surface area is 227 Å². The highest BCUT2D eigenvalue weighted by atomic mass is 17.1. The molecular formula is C27H43NO11. The molecule has 4 aliphatic rings. The summed E-state index contributed by atoms with van der Waals surface area (Å²) in [6, 6.07) is -0.948. The third kappa shape index (κ3) is 3.94. The molecule has 3 aliphatic carbocycles. The van der Waals surface area contributed by atoms with Crippen LogP contribution in [-0.4, -0.2) is 104 Å². The maximum atomic E-state index is 14.1. The van der Waals surface area contributed by atoms with Crippen LogP contribution in [0.25, 0.3) is 0 Å². The monoisotopic (exact) mass is 557 g/mol. The van der Waals surface area contributed by atoms with Gasteiger partial charge in [-0.2, -0.15) is 0 Å². The van der Waals surface area contributed by atoms with Gasteiger partial charge in [-0.15, -0.1) is 0 Å². The molecule has 12 atom stereocenters. The van der Waals surface area contributed by atoms with Crippen molar-refractivity contribution in [1.82, 2.24) is 5.32 Å². The first-order valence-corrected chi connectivity index (χ1v) is 13.5. The van der Waals surface area contributed by atoms with Crippen molar-refractivity contribution in [3.8, 4) is 0 Å². The molecule has 0 spiro atoms. The minimum absolute atomic E-state index is 0.00879. The maximum absolute atomic E-state index is 14.1. The van der Waals surface area contributed by atoms with Crippen LogP contribution in [0, 0.1) is 28.6 Å². The minimum Gasteiger partial charge on any atom is -0.453 e. The fourth-order valence-electron chi connectivity index (χ4n) is 8.41. The van der Waals surface area contributed by atoms with Crippen molar-refractivity contribution in [2.45, 2.75) is 102 Å². The second-order valence-corrected chi connectivity index (χ2v) is 12.8. The Morgan fingerprint density at radius 1 is 1.21 bits per heavy atom. The van der Waals surface area contributed by atoms with E-state index < -0.39 is 88.2 Å². The molecule has 7 N–H and O–H groups in total. The Kier molecular flexibility index (Phi) is 7.56. The molecule has 1 heterocycles. The van der Waals surface area contributed by atoms with Crippen molar-refractivity contribution in [1.29, 1.82) is 0 Å². The molecule has 1 saturated heterocycles. The lowest BCUT2D eigenvalue weighted by Crippen LogP contribution is -2.78. The zero-order valence-corrected chi connectivity index (χ0v) is 23.5. The van der Waals surface area contributed by atoms with Gasteiger partial charge in [-0.25, -0.2) is 9.68 Å². The number of aliphatic hydroxyl groups is 5. The van der Waals surface area contributed by atoms with Crippen LogP contribution in [-0.2, 0) is 19.2 Å². The number of Topliss-reactive ketones (excluding diaryl/α,β-unsaturated/α-hetero) is 1. The smallest absolute Gasteiger partial charge is 0.407 e. The summed E-state index contributed by atoms with van der Waals surface area (Å²) in [7, 11) is 1.16. The molecule has 0 aromatic heterocycles. The van der Waals surface area contributed by atoms with E-state index in [4.69, 9.17) is 9.62 Å². The lowest BCUT2D eigenvalue weighted by molar-refractivity contribution is -0.339. The van der Waals surface area contributed by atoms with Gasteiger partial charge in [0.05, 0.1) is 43.0 Å². The summed E-state index contributed by atoms with van der Waals surface area (Å²) in [5.41, 5.74) is -5.42. The Balaban J connectivity index is 1.89. The number of hydrogen-bond donors (Lipinski definition) is 7. The largest absolute Gasteiger partial charge is 0.453 e. The highest BCUT2D eigenvalue weighted by molar-refractivity contribution is 5.93. The van der Waals surface area contributed by atoms with Gasteiger partial charge in [0, 0.05) is 23.7 Å². The number of rotatable bonds is 5. The van der Waals surface area contributed by atoms with Gasteiger partial charge in [0.25, 0.3) is 0 Å². The van der Waals surface area contributed by atoms with Crippen molar-refractivity contribution < 1.29 is 54.7 Å². The number of ether oxygens (including phenoxy) is 2. The summed E-state index contributed by atoms with van der Waals surface area (Å²) < 4.78 is 10.1. The normalized spacial score (nSPS) is 45.5. The summed E-state index contributed by atoms with van der Waals surface area (Å²) in [5, 5.41) is 70.8. The van der Waals surface area contributed by atoms with E-state index in [0.717, 1.165) is 7.11 Å². The van der Waals surface area contributed by atoms with Gasteiger partial charge in [-0.1, -0.05) is 26.3 Å². The standard InChI is InChI=1S/C27H43NO11/c1-11-14(20(39-36)18(30)13(3)28-23(33)37-7)9-27(35)12(2)21-25(6,15(29)8-16-26(21,34)10-38-16)22(32)19(31)17(11)24(27,4)5/h12-16,18-21,29-31,34-36H,8-10H2,1-7H3,(H,28,33)/t12?,13?,14?,15?,16?,18?,19?,20-,21?,25+,26-,27?/m0/s1. The van der Waals surface area contributed by atoms with Gasteiger partial charge in [-0.05, 0) is 38.7 Å². The van der Waals surface area contributed by atoms with E-state index in [1.54, 1.807) is 27.7 Å². The third-order valence-corrected chi connectivity index (χ3v) is 10.9. The first kappa shape index (κ1) is 30.3. The molecule has 1 aliphatic heterocycles. The topological polar surface area (TPSA) is 195 Å². The second-order valence-electron chi connectivity index (χ2n) is 12.8. The maximum Gasteiger partial charge on any atom is 0.407 e. The zero-order chi connectivity index (χ0) is 29.5. The second kappa shape index (κ2) is 9.73. The number of ketones is 1. The Morgan fingerprint density at radius 2 is 1.82 bits per heavy atom. The quantitative estimate of drug-likeness (QED) is 0.138. The van der Waals surface area contributed by atoms with Crippen molar-refractivity contribution in [2.75, 3.05) is 13.7 Å². The van der Waals surface area contributed by atoms with Crippen LogP contribution in [0.4, 0.5) is 4.79 Å². The fourth-order valence-corrected chi connectivity index (χ4v) is 8.41. The van der Waals surface area contributed by atoms with Gasteiger partial charge >= 0.3 is 6.09 Å². The minimum atomic E-state index is -1.76. The van der Waals surface area contributed by atoms with Gasteiger partial charge in [0.1, 0.15) is 23.9 Å². The van der Waals surface area contributed by atoms with Gasteiger partial charge in [-0.3, -0.25) is 10.1 Å². The van der Waals surface area contributed by atoms with E-state index in [0.29, 0.717) is 5.57 Å². The summed E-state index contributed by atoms with van der Waals surface area (Å²) >= 11 is 0. The van der Waals surface area contributed by atoms with Crippen molar-refractivity contribution >= 4 is 11.9 Å². The lowest BCUT2D eigenvalue weighted by Gasteiger charge is -2.67. The average Bonchev–Trinajstić information content (AvgIpc) is 2.87. The number of hydrogen-bond acceptors (Lipinski definition) is 11. The van der Waals surface area contributed by atoms with E-state index >= 15 is 0 Å². The summed E-state index contributed by atoms with van der Waals surface area (Å²) in [6.45, 7) is 9.70. The van der Waals surface area contributed by atoms with Gasteiger partial charge in [0.2, 0.25) is 0 Å². The SMILES string of the molecule is COC(=O)NC(C)C(O)[C@@H](OO)C1CC2(O)C(C)C3[C@]4(O)COC4CC(O)[C@@]3(C)C(=O)C(O)C(=C1C)C2(C)C. The highest BCUT2D eigenvalue weighted by Crippen LogP contribution is 2.65. The van der Waals surface area contributed by atoms with Crippen LogP contribution in [0.5, 0.6) is 0 Å². The molecule has 1 amide bonds. The first-order chi connectivity index (χ1) is 17.9. The molecule has 3 fully saturated rings. The number of amides is 1. The molecule has 0 aromatic carbocycles. The Morgan fingerprint density at radius 3 is 2.33 bits per heavy atom. The van der Waals surface area contributed by atoms with E-state index in [1.165, 1.54) is 13.8 Å². The van der Waals surface area contributed by atoms with Crippen LogP contribution < -0.4 is 5.32 Å². The van der Waals surface area contributed by atoms with Crippen LogP contribution >= 0.6 is 0 Å². The van der Waals surface area contributed by atoms with Crippen molar-refractivity contribution in [3.63, 3.8) is 0 Å². The zero-order valence-electron chi connectivity index (χ0n) is 23.5. The van der Waals surface area contributed by atoms with Gasteiger partial charge in [0.15, 0.2) is 5.78 Å². The molecule has 9 unspecified atom stereocenters. The van der Waals surface area contributed by atoms with E-state index in [2.05, 4.69) is 10.1 Å². The molecule has 0 radical (unpaired) electrons. The number of fused-ring (bicyclic) bond motifs is 5. The van der Waals surface area contributed by atoms with Crippen molar-refractivity contribution in [3.05, 3.63) is 11.1 Å². The molecule has 12 heteroatoms. The average molecular weight is 558 g/mol. The number of nitrogens with one attached hydrogen (secondary N) is 1. The van der Waals surface area contributed by atoms with Crippen LogP contribution in [0.15, 0.2) is 11.1 Å². The number of methoxy groups -OCH3 is 1. The van der Waals surface area contributed by atoms with E-state index in [1.807, 2.05) is 0 Å². The van der Waals surface area contributed by atoms with Gasteiger partial charge < -0.3 is 40.3 Å². The molecule has 2 bridgehead atoms. The molecule has 0 aromatic rings. The van der Waals surface area contributed by atoms with E-state index in [9.17, 15) is 40.4 Å². The first-order valence-electron chi connectivity index (χ1n) is 13.5. The summed E-state index contributed by atoms with van der Waals surface area (Å²) in [5.74, 6) is -3.41. The number of aliphatic hydroxyl groups excluding tert-OH is 3. The molecule has 39 heavy (non-hydrogen) atoms. The Bertz CT molecular complexity index is 1050. The Hall–Kier alpha value is -1.64. The van der Waals surface area contributed by atoms with Crippen LogP contribution in [0.2, 0.25) is 0 Å². The molecule has 2 saturated carbocycles. The summed E-state index contributed by atoms with van der Waals surface area (Å²) in [6.07, 6.45) is -7.48. The molecule has 12 nitrogen and oxygen atoms in total. The predicted molar refractivity (Wildman–Crippen MR) is 135 cm³/mol. The predicted octanol–water partition coefficient (Wildman–Crippen LogP) is 0.140. The molecule has 4 rings (SSSR count). The van der Waals surface area contributed by atoms with Crippen LogP contribution in [0.1, 0.15) is 54.4 Å². The van der Waals surface area contributed by atoms with Crippen molar-refractivity contribution in [2.24, 2.45) is 28.6 Å². The summed E-state index contributed by atoms with van der Waals surface area (Å²) in [4.78, 5) is 30.6. The number of carbonyl (C=O) groups excluding carboxylic acids is 2. The third-order valence-electron chi connectivity index (χ3n) is 10.9. The highest BCUT2D eigenvalue weighted by Gasteiger charge is 2.74. The number of carbonyl (C=O) groups is 2. The molecule has 222 valence electrons. The van der Waals surface area contributed by atoms with E-state index in [-0.39, 0.29) is 25.0 Å². The number of alkyl carbamates (subject to hydrolysis) is 1. The lowest BCUT2D eigenvalue weighted by atomic mass is 9.42. The van der Waals surface area contributed by atoms with Crippen LogP contribution in [0.3, 0.4) is 0 Å². The fraction of sp³-hybridized carbons (Fsp3) is 0.852.